The van der Waals surface area contributed by atoms with Crippen LogP contribution >= 0.6 is 0 Å². The Morgan fingerprint density at radius 2 is 2.10 bits per heavy atom. The topological polar surface area (TPSA) is 64.9 Å². The lowest BCUT2D eigenvalue weighted by Gasteiger charge is -2.22. The van der Waals surface area contributed by atoms with Crippen LogP contribution in [0.25, 0.3) is 0 Å². The summed E-state index contributed by atoms with van der Waals surface area (Å²) in [7, 11) is 3.81. The monoisotopic (exact) mass is 409 g/mol. The first-order valence-electron chi connectivity index (χ1n) is 8.92. The standard InChI is InChI=1S/C19H22F3N5O2/c1-13(17-23-10-16(29-17)11-25(2)3)24-18(28)27-8-7-26(12-27)15-6-4-5-14(9-15)19(20,21)22/h4-10,13H,11-12H2,1-3H3,(H,24,28)/t13-/m0/s1. The van der Waals surface area contributed by atoms with Crippen molar-refractivity contribution in [3.63, 3.8) is 0 Å². The van der Waals surface area contributed by atoms with Crippen LogP contribution < -0.4 is 10.2 Å². The van der Waals surface area contributed by atoms with Crippen LogP contribution in [0.5, 0.6) is 0 Å². The van der Waals surface area contributed by atoms with E-state index in [1.807, 2.05) is 19.0 Å². The molecule has 1 aromatic carbocycles. The number of halogens is 3. The molecule has 1 aliphatic rings. The van der Waals surface area contributed by atoms with E-state index in [1.165, 1.54) is 17.2 Å². The minimum absolute atomic E-state index is 0.0946. The number of amides is 2. The van der Waals surface area contributed by atoms with Gasteiger partial charge >= 0.3 is 12.2 Å². The van der Waals surface area contributed by atoms with Gasteiger partial charge in [0.25, 0.3) is 0 Å². The number of nitrogens with one attached hydrogen (secondary N) is 1. The molecule has 0 aliphatic carbocycles. The molecule has 3 rings (SSSR count). The zero-order chi connectivity index (χ0) is 21.2. The van der Waals surface area contributed by atoms with Gasteiger partial charge in [-0.1, -0.05) is 6.07 Å². The third-order valence-electron chi connectivity index (χ3n) is 4.25. The summed E-state index contributed by atoms with van der Waals surface area (Å²) >= 11 is 0. The van der Waals surface area contributed by atoms with Crippen LogP contribution in [0, 0.1) is 0 Å². The third-order valence-corrected chi connectivity index (χ3v) is 4.25. The van der Waals surface area contributed by atoms with Crippen LogP contribution in [-0.4, -0.2) is 41.6 Å². The molecular formula is C19H22F3N5O2. The van der Waals surface area contributed by atoms with Crippen LogP contribution in [0.3, 0.4) is 0 Å². The number of oxazole rings is 1. The first-order valence-corrected chi connectivity index (χ1v) is 8.92. The summed E-state index contributed by atoms with van der Waals surface area (Å²) in [6, 6.07) is 4.09. The number of hydrogen-bond donors (Lipinski definition) is 1. The molecule has 0 radical (unpaired) electrons. The van der Waals surface area contributed by atoms with Crippen LogP contribution in [0.2, 0.25) is 0 Å². The SMILES string of the molecule is C[C@H](NC(=O)N1C=CN(c2cccc(C(F)(F)F)c2)C1)c1ncc(CN(C)C)o1. The number of urea groups is 1. The molecule has 10 heteroatoms. The predicted molar refractivity (Wildman–Crippen MR) is 101 cm³/mol. The normalized spacial score (nSPS) is 15.3. The number of carbonyl (C=O) groups is 1. The predicted octanol–water partition coefficient (Wildman–Crippen LogP) is 3.78. The Kier molecular flexibility index (Phi) is 5.83. The Balaban J connectivity index is 1.60. The van der Waals surface area contributed by atoms with Gasteiger partial charge in [0.05, 0.1) is 18.3 Å². The summed E-state index contributed by atoms with van der Waals surface area (Å²) in [5.41, 5.74) is -0.391. The number of rotatable bonds is 5. The highest BCUT2D eigenvalue weighted by atomic mass is 19.4. The number of nitrogens with zero attached hydrogens (tertiary/aromatic N) is 4. The summed E-state index contributed by atoms with van der Waals surface area (Å²) in [5.74, 6) is 1.07. The molecule has 0 spiro atoms. The van der Waals surface area contributed by atoms with Crippen molar-refractivity contribution in [2.75, 3.05) is 25.7 Å². The zero-order valence-corrected chi connectivity index (χ0v) is 16.3. The van der Waals surface area contributed by atoms with Crippen molar-refractivity contribution >= 4 is 11.7 Å². The fourth-order valence-electron chi connectivity index (χ4n) is 2.82. The number of alkyl halides is 3. The van der Waals surface area contributed by atoms with E-state index in [1.54, 1.807) is 30.3 Å². The maximum Gasteiger partial charge on any atom is 0.416 e. The zero-order valence-electron chi connectivity index (χ0n) is 16.3. The van der Waals surface area contributed by atoms with Crippen LogP contribution in [0.1, 0.15) is 30.2 Å². The van der Waals surface area contributed by atoms with Gasteiger partial charge in [-0.3, -0.25) is 4.90 Å². The van der Waals surface area contributed by atoms with Gasteiger partial charge in [0.2, 0.25) is 5.89 Å². The molecule has 0 fully saturated rings. The smallest absolute Gasteiger partial charge is 0.416 e. The number of carbonyl (C=O) groups excluding carboxylic acids is 1. The highest BCUT2D eigenvalue weighted by Gasteiger charge is 2.31. The molecule has 1 aliphatic heterocycles. The molecule has 2 aromatic rings. The first kappa shape index (κ1) is 20.7. The molecule has 1 atom stereocenters. The van der Waals surface area contributed by atoms with Gasteiger partial charge in [-0.25, -0.2) is 9.78 Å². The summed E-state index contributed by atoms with van der Waals surface area (Å²) in [6.45, 7) is 2.43. The summed E-state index contributed by atoms with van der Waals surface area (Å²) < 4.78 is 44.4. The van der Waals surface area contributed by atoms with Crippen LogP contribution in [0.4, 0.5) is 23.7 Å². The third kappa shape index (κ3) is 5.08. The van der Waals surface area contributed by atoms with E-state index in [0.717, 1.165) is 12.1 Å². The second kappa shape index (κ2) is 8.16. The lowest BCUT2D eigenvalue weighted by Crippen LogP contribution is -2.39. The maximum atomic E-state index is 12.9. The number of hydrogen-bond acceptors (Lipinski definition) is 5. The molecule has 2 amide bonds. The van der Waals surface area contributed by atoms with E-state index < -0.39 is 23.8 Å². The van der Waals surface area contributed by atoms with Gasteiger partial charge in [-0.05, 0) is 39.2 Å². The Morgan fingerprint density at radius 1 is 1.34 bits per heavy atom. The molecule has 0 unspecified atom stereocenters. The molecule has 156 valence electrons. The Morgan fingerprint density at radius 3 is 2.79 bits per heavy atom. The lowest BCUT2D eigenvalue weighted by atomic mass is 10.2. The first-order chi connectivity index (χ1) is 13.6. The van der Waals surface area contributed by atoms with Crippen molar-refractivity contribution < 1.29 is 22.4 Å². The Bertz CT molecular complexity index is 894. The van der Waals surface area contributed by atoms with Crippen LogP contribution in [0.15, 0.2) is 47.3 Å². The molecule has 0 saturated heterocycles. The average molecular weight is 409 g/mol. The lowest BCUT2D eigenvalue weighted by molar-refractivity contribution is -0.137. The molecule has 1 aromatic heterocycles. The quantitative estimate of drug-likeness (QED) is 0.814. The van der Waals surface area contributed by atoms with Crippen molar-refractivity contribution in [2.45, 2.75) is 25.7 Å². The number of anilines is 1. The minimum Gasteiger partial charge on any atom is -0.442 e. The Labute approximate surface area is 166 Å². The number of benzene rings is 1. The Hall–Kier alpha value is -3.01. The summed E-state index contributed by atoms with van der Waals surface area (Å²) in [6.07, 6.45) is 0.256. The molecule has 0 saturated carbocycles. The minimum atomic E-state index is -4.42. The van der Waals surface area contributed by atoms with Gasteiger partial charge in [0.15, 0.2) is 0 Å². The highest BCUT2D eigenvalue weighted by molar-refractivity contribution is 5.77. The molecule has 0 bridgehead atoms. The maximum absolute atomic E-state index is 12.9. The van der Waals surface area contributed by atoms with Crippen molar-refractivity contribution in [1.29, 1.82) is 0 Å². The molecule has 2 heterocycles. The van der Waals surface area contributed by atoms with E-state index in [2.05, 4.69) is 10.3 Å². The van der Waals surface area contributed by atoms with E-state index in [4.69, 9.17) is 4.42 Å². The van der Waals surface area contributed by atoms with Crippen molar-refractivity contribution in [1.82, 2.24) is 20.1 Å². The fraction of sp³-hybridized carbons (Fsp3) is 0.368. The second-order valence-electron chi connectivity index (χ2n) is 7.00. The van der Waals surface area contributed by atoms with Crippen molar-refractivity contribution in [2.24, 2.45) is 0 Å². The van der Waals surface area contributed by atoms with Gasteiger partial charge in [-0.15, -0.1) is 0 Å². The molecular weight excluding hydrogens is 387 g/mol. The molecule has 7 nitrogen and oxygen atoms in total. The molecule has 29 heavy (non-hydrogen) atoms. The van der Waals surface area contributed by atoms with Crippen molar-refractivity contribution in [3.8, 4) is 0 Å². The van der Waals surface area contributed by atoms with Gasteiger partial charge < -0.3 is 19.5 Å². The van der Waals surface area contributed by atoms with E-state index in [0.29, 0.717) is 23.9 Å². The highest BCUT2D eigenvalue weighted by Crippen LogP contribution is 2.32. The molecule has 1 N–H and O–H groups in total. The van der Waals surface area contributed by atoms with E-state index in [9.17, 15) is 18.0 Å². The van der Waals surface area contributed by atoms with Crippen molar-refractivity contribution in [3.05, 3.63) is 60.1 Å². The second-order valence-corrected chi connectivity index (χ2v) is 7.00. The largest absolute Gasteiger partial charge is 0.442 e. The van der Waals surface area contributed by atoms with E-state index >= 15 is 0 Å². The summed E-state index contributed by atoms with van der Waals surface area (Å²) in [4.78, 5) is 21.5. The average Bonchev–Trinajstić information content (AvgIpc) is 3.30. The number of aromatic nitrogens is 1. The van der Waals surface area contributed by atoms with Gasteiger partial charge in [0.1, 0.15) is 18.5 Å². The van der Waals surface area contributed by atoms with Gasteiger partial charge in [-0.2, -0.15) is 13.2 Å². The van der Waals surface area contributed by atoms with E-state index in [-0.39, 0.29) is 6.67 Å². The van der Waals surface area contributed by atoms with Gasteiger partial charge in [0, 0.05) is 18.1 Å². The van der Waals surface area contributed by atoms with Crippen LogP contribution in [-0.2, 0) is 12.7 Å². The fourth-order valence-corrected chi connectivity index (χ4v) is 2.82. The summed E-state index contributed by atoms with van der Waals surface area (Å²) in [5, 5.41) is 2.77.